The van der Waals surface area contributed by atoms with Crippen LogP contribution >= 0.6 is 0 Å². The molecule has 17 heavy (non-hydrogen) atoms. The van der Waals surface area contributed by atoms with Gasteiger partial charge in [0.2, 0.25) is 15.0 Å². The lowest BCUT2D eigenvalue weighted by atomic mass is 10.1. The van der Waals surface area contributed by atoms with Crippen molar-refractivity contribution in [3.05, 3.63) is 18.5 Å². The van der Waals surface area contributed by atoms with E-state index < -0.39 is 27.0 Å². The average molecular weight is 258 g/mol. The van der Waals surface area contributed by atoms with Crippen LogP contribution < -0.4 is 0 Å². The summed E-state index contributed by atoms with van der Waals surface area (Å²) in [4.78, 5) is 17.9. The lowest BCUT2D eigenvalue weighted by Crippen LogP contribution is -2.28. The summed E-state index contributed by atoms with van der Waals surface area (Å²) in [5, 5.41) is 7.55. The van der Waals surface area contributed by atoms with Gasteiger partial charge in [0.05, 0.1) is 5.25 Å². The van der Waals surface area contributed by atoms with Crippen molar-refractivity contribution in [2.45, 2.75) is 30.7 Å². The Bertz CT molecular complexity index is 486. The smallest absolute Gasteiger partial charge is 0.303 e. The Hall–Kier alpha value is -1.50. The van der Waals surface area contributed by atoms with E-state index in [0.29, 0.717) is 0 Å². The van der Waals surface area contributed by atoms with Crippen LogP contribution in [0.4, 0.5) is 0 Å². The Morgan fingerprint density at radius 1 is 1.35 bits per heavy atom. The number of hydrogen-bond donors (Lipinski definition) is 1. The van der Waals surface area contributed by atoms with E-state index in [4.69, 9.17) is 5.11 Å². The third-order valence-corrected chi connectivity index (χ3v) is 4.75. The van der Waals surface area contributed by atoms with Crippen molar-refractivity contribution < 1.29 is 18.3 Å². The molecule has 0 aliphatic carbocycles. The second-order valence-electron chi connectivity index (χ2n) is 3.86. The SMILES string of the molecule is C[C@H]([C@@H](C)CC(=O)O)S(=O)(=O)c1ncccn1. The van der Waals surface area contributed by atoms with Crippen molar-refractivity contribution in [3.63, 3.8) is 0 Å². The molecule has 0 bridgehead atoms. The Morgan fingerprint density at radius 3 is 2.35 bits per heavy atom. The highest BCUT2D eigenvalue weighted by atomic mass is 32.2. The van der Waals surface area contributed by atoms with Gasteiger partial charge in [-0.05, 0) is 18.9 Å². The van der Waals surface area contributed by atoms with Crippen molar-refractivity contribution in [1.82, 2.24) is 9.97 Å². The molecule has 1 aromatic rings. The van der Waals surface area contributed by atoms with Crippen LogP contribution in [0.1, 0.15) is 20.3 Å². The molecule has 0 spiro atoms. The van der Waals surface area contributed by atoms with Crippen LogP contribution in [0, 0.1) is 5.92 Å². The summed E-state index contributed by atoms with van der Waals surface area (Å²) in [6.07, 6.45) is 2.48. The van der Waals surface area contributed by atoms with E-state index in [1.54, 1.807) is 6.92 Å². The number of aliphatic carboxylic acids is 1. The third-order valence-electron chi connectivity index (χ3n) is 2.58. The van der Waals surface area contributed by atoms with Crippen LogP contribution in [-0.2, 0) is 14.6 Å². The molecular formula is C10H14N2O4S. The van der Waals surface area contributed by atoms with Gasteiger partial charge in [0.25, 0.3) is 0 Å². The maximum absolute atomic E-state index is 12.0. The summed E-state index contributed by atoms with van der Waals surface area (Å²) in [5.41, 5.74) is 0. The summed E-state index contributed by atoms with van der Waals surface area (Å²) in [6.45, 7) is 3.05. The van der Waals surface area contributed by atoms with Gasteiger partial charge in [0.1, 0.15) is 0 Å². The summed E-state index contributed by atoms with van der Waals surface area (Å²) >= 11 is 0. The number of aromatic nitrogens is 2. The summed E-state index contributed by atoms with van der Waals surface area (Å²) < 4.78 is 24.1. The van der Waals surface area contributed by atoms with Gasteiger partial charge in [-0.2, -0.15) is 0 Å². The van der Waals surface area contributed by atoms with E-state index in [1.165, 1.54) is 25.4 Å². The molecule has 0 unspecified atom stereocenters. The van der Waals surface area contributed by atoms with E-state index in [9.17, 15) is 13.2 Å². The monoisotopic (exact) mass is 258 g/mol. The molecule has 0 aliphatic rings. The molecular weight excluding hydrogens is 244 g/mol. The number of carboxylic acid groups (broad SMARTS) is 1. The minimum absolute atomic E-state index is 0.201. The van der Waals surface area contributed by atoms with Crippen LogP contribution in [0.2, 0.25) is 0 Å². The molecule has 1 N–H and O–H groups in total. The van der Waals surface area contributed by atoms with Crippen molar-refractivity contribution in [2.75, 3.05) is 0 Å². The first-order valence-corrected chi connectivity index (χ1v) is 6.63. The first-order chi connectivity index (χ1) is 7.85. The predicted molar refractivity (Wildman–Crippen MR) is 60.1 cm³/mol. The van der Waals surface area contributed by atoms with E-state index in [1.807, 2.05) is 0 Å². The van der Waals surface area contributed by atoms with Crippen molar-refractivity contribution in [2.24, 2.45) is 5.92 Å². The number of carboxylic acids is 1. The molecule has 2 atom stereocenters. The van der Waals surface area contributed by atoms with E-state index in [2.05, 4.69) is 9.97 Å². The van der Waals surface area contributed by atoms with E-state index in [-0.39, 0.29) is 11.6 Å². The van der Waals surface area contributed by atoms with Gasteiger partial charge >= 0.3 is 5.97 Å². The van der Waals surface area contributed by atoms with Crippen LogP contribution in [0.5, 0.6) is 0 Å². The second-order valence-corrected chi connectivity index (χ2v) is 6.06. The fourth-order valence-electron chi connectivity index (χ4n) is 1.35. The quantitative estimate of drug-likeness (QED) is 0.783. The summed E-state index contributed by atoms with van der Waals surface area (Å²) in [7, 11) is -3.67. The highest BCUT2D eigenvalue weighted by molar-refractivity contribution is 7.91. The van der Waals surface area contributed by atoms with E-state index >= 15 is 0 Å². The number of nitrogens with zero attached hydrogens (tertiary/aromatic N) is 2. The highest BCUT2D eigenvalue weighted by Crippen LogP contribution is 2.20. The Morgan fingerprint density at radius 2 is 1.88 bits per heavy atom. The normalized spacial score (nSPS) is 15.2. The molecule has 94 valence electrons. The minimum atomic E-state index is -3.67. The zero-order valence-electron chi connectivity index (χ0n) is 9.57. The van der Waals surface area contributed by atoms with E-state index in [0.717, 1.165) is 0 Å². The molecule has 1 aromatic heterocycles. The molecule has 7 heteroatoms. The average Bonchev–Trinajstić information content (AvgIpc) is 2.28. The molecule has 0 amide bonds. The van der Waals surface area contributed by atoms with Crippen LogP contribution in [0.25, 0.3) is 0 Å². The zero-order chi connectivity index (χ0) is 13.1. The predicted octanol–water partition coefficient (Wildman–Crippen LogP) is 0.750. The van der Waals surface area contributed by atoms with Crippen molar-refractivity contribution in [1.29, 1.82) is 0 Å². The van der Waals surface area contributed by atoms with Gasteiger partial charge in [-0.25, -0.2) is 18.4 Å². The fraction of sp³-hybridized carbons (Fsp3) is 0.500. The fourth-order valence-corrected chi connectivity index (χ4v) is 2.80. The van der Waals surface area contributed by atoms with Gasteiger partial charge < -0.3 is 5.11 Å². The lowest BCUT2D eigenvalue weighted by Gasteiger charge is -2.17. The number of rotatable bonds is 5. The van der Waals surface area contributed by atoms with Crippen molar-refractivity contribution >= 4 is 15.8 Å². The Labute approximate surface area is 99.6 Å². The van der Waals surface area contributed by atoms with Gasteiger partial charge in [-0.15, -0.1) is 0 Å². The number of sulfone groups is 1. The summed E-state index contributed by atoms with van der Waals surface area (Å²) in [5.74, 6) is -1.52. The second kappa shape index (κ2) is 5.22. The molecule has 1 rings (SSSR count). The molecule has 6 nitrogen and oxygen atoms in total. The highest BCUT2D eigenvalue weighted by Gasteiger charge is 2.31. The topological polar surface area (TPSA) is 97.2 Å². The maximum atomic E-state index is 12.0. The molecule has 0 saturated carbocycles. The molecule has 0 saturated heterocycles. The van der Waals surface area contributed by atoms with Crippen LogP contribution in [0.3, 0.4) is 0 Å². The van der Waals surface area contributed by atoms with Gasteiger partial charge in [0.15, 0.2) is 0 Å². The molecule has 0 aromatic carbocycles. The number of hydrogen-bond acceptors (Lipinski definition) is 5. The van der Waals surface area contributed by atoms with Gasteiger partial charge in [-0.1, -0.05) is 6.92 Å². The lowest BCUT2D eigenvalue weighted by molar-refractivity contribution is -0.137. The van der Waals surface area contributed by atoms with Gasteiger partial charge in [-0.3, -0.25) is 4.79 Å². The van der Waals surface area contributed by atoms with Crippen molar-refractivity contribution in [3.8, 4) is 0 Å². The Balaban J connectivity index is 2.95. The van der Waals surface area contributed by atoms with Gasteiger partial charge in [0, 0.05) is 18.8 Å². The Kier molecular flexibility index (Phi) is 4.17. The third kappa shape index (κ3) is 3.23. The minimum Gasteiger partial charge on any atom is -0.481 e. The molecule has 0 aliphatic heterocycles. The standard InChI is InChI=1S/C10H14N2O4S/c1-7(6-9(13)14)8(2)17(15,16)10-11-4-3-5-12-10/h3-5,7-8H,6H2,1-2H3,(H,13,14)/t7-,8+/m0/s1. The molecule has 0 fully saturated rings. The maximum Gasteiger partial charge on any atom is 0.303 e. The largest absolute Gasteiger partial charge is 0.481 e. The van der Waals surface area contributed by atoms with Crippen LogP contribution in [0.15, 0.2) is 23.6 Å². The van der Waals surface area contributed by atoms with Crippen LogP contribution in [-0.4, -0.2) is 34.7 Å². The number of carbonyl (C=O) groups is 1. The first kappa shape index (κ1) is 13.6. The zero-order valence-corrected chi connectivity index (χ0v) is 10.4. The summed E-state index contributed by atoms with van der Waals surface area (Å²) in [6, 6.07) is 1.52. The molecule has 1 heterocycles. The first-order valence-electron chi connectivity index (χ1n) is 5.08. The molecule has 0 radical (unpaired) electrons.